The molecular formula is C23H26F3N3O2. The summed E-state index contributed by atoms with van der Waals surface area (Å²) in [6.45, 7) is 3.22. The fourth-order valence-corrected chi connectivity index (χ4v) is 3.67. The molecule has 1 heterocycles. The number of halogens is 3. The van der Waals surface area contributed by atoms with Crippen LogP contribution in [0, 0.1) is 0 Å². The lowest BCUT2D eigenvalue weighted by molar-refractivity contribution is -0.137. The van der Waals surface area contributed by atoms with Gasteiger partial charge in [0.1, 0.15) is 0 Å². The maximum Gasteiger partial charge on any atom is 0.416 e. The lowest BCUT2D eigenvalue weighted by Crippen LogP contribution is -2.45. The van der Waals surface area contributed by atoms with Gasteiger partial charge in [0, 0.05) is 37.8 Å². The van der Waals surface area contributed by atoms with Gasteiger partial charge in [-0.3, -0.25) is 9.59 Å². The minimum absolute atomic E-state index is 0.00219. The van der Waals surface area contributed by atoms with Gasteiger partial charge in [-0.15, -0.1) is 0 Å². The Morgan fingerprint density at radius 3 is 2.45 bits per heavy atom. The Bertz CT molecular complexity index is 922. The summed E-state index contributed by atoms with van der Waals surface area (Å²) >= 11 is 0. The molecule has 1 saturated heterocycles. The van der Waals surface area contributed by atoms with E-state index in [1.54, 1.807) is 18.2 Å². The number of amides is 2. The van der Waals surface area contributed by atoms with Crippen LogP contribution in [0.3, 0.4) is 0 Å². The highest BCUT2D eigenvalue weighted by Gasteiger charge is 2.30. The van der Waals surface area contributed by atoms with Crippen molar-refractivity contribution in [2.45, 2.75) is 44.9 Å². The minimum Gasteiger partial charge on any atom is -0.371 e. The van der Waals surface area contributed by atoms with E-state index in [4.69, 9.17) is 0 Å². The van der Waals surface area contributed by atoms with Crippen LogP contribution in [0.4, 0.5) is 18.9 Å². The molecule has 0 bridgehead atoms. The van der Waals surface area contributed by atoms with Crippen molar-refractivity contribution in [2.75, 3.05) is 18.0 Å². The predicted octanol–water partition coefficient (Wildman–Crippen LogP) is 4.13. The lowest BCUT2D eigenvalue weighted by Gasteiger charge is -2.34. The van der Waals surface area contributed by atoms with Crippen molar-refractivity contribution >= 4 is 17.5 Å². The van der Waals surface area contributed by atoms with E-state index in [-0.39, 0.29) is 24.4 Å². The maximum atomic E-state index is 12.9. The number of benzene rings is 2. The van der Waals surface area contributed by atoms with Gasteiger partial charge in [-0.05, 0) is 42.7 Å². The summed E-state index contributed by atoms with van der Waals surface area (Å²) in [5, 5.41) is 5.73. The number of nitrogens with zero attached hydrogens (tertiary/aromatic N) is 1. The van der Waals surface area contributed by atoms with E-state index in [0.29, 0.717) is 30.6 Å². The molecule has 2 aromatic carbocycles. The largest absolute Gasteiger partial charge is 0.416 e. The molecule has 0 spiro atoms. The second-order valence-electron chi connectivity index (χ2n) is 7.58. The topological polar surface area (TPSA) is 61.4 Å². The highest BCUT2D eigenvalue weighted by molar-refractivity contribution is 5.99. The molecule has 0 atom stereocenters. The van der Waals surface area contributed by atoms with Crippen molar-refractivity contribution in [1.29, 1.82) is 0 Å². The molecule has 8 heteroatoms. The zero-order chi connectivity index (χ0) is 22.4. The SMILES string of the molecule is CCC(=O)NC1CCN(c2ccccc2C(=O)NCc2cccc(C(F)(F)F)c2)CC1. The summed E-state index contributed by atoms with van der Waals surface area (Å²) in [4.78, 5) is 26.5. The molecule has 2 aromatic rings. The number of carbonyl (C=O) groups is 2. The van der Waals surface area contributed by atoms with Crippen LogP contribution in [-0.2, 0) is 17.5 Å². The number of hydrogen-bond donors (Lipinski definition) is 2. The number of para-hydroxylation sites is 1. The quantitative estimate of drug-likeness (QED) is 0.720. The third-order valence-corrected chi connectivity index (χ3v) is 5.38. The first-order valence-electron chi connectivity index (χ1n) is 10.4. The molecule has 0 aromatic heterocycles. The molecule has 2 N–H and O–H groups in total. The zero-order valence-electron chi connectivity index (χ0n) is 17.3. The molecule has 3 rings (SSSR count). The van der Waals surface area contributed by atoms with Crippen LogP contribution in [0.2, 0.25) is 0 Å². The van der Waals surface area contributed by atoms with E-state index >= 15 is 0 Å². The van der Waals surface area contributed by atoms with Crippen LogP contribution in [0.25, 0.3) is 0 Å². The summed E-state index contributed by atoms with van der Waals surface area (Å²) in [6, 6.07) is 12.3. The first kappa shape index (κ1) is 22.7. The molecular weight excluding hydrogens is 407 g/mol. The van der Waals surface area contributed by atoms with Gasteiger partial charge in [0.25, 0.3) is 5.91 Å². The molecule has 0 unspecified atom stereocenters. The Hall–Kier alpha value is -3.03. The van der Waals surface area contributed by atoms with Crippen LogP contribution >= 0.6 is 0 Å². The minimum atomic E-state index is -4.42. The van der Waals surface area contributed by atoms with E-state index in [1.807, 2.05) is 19.1 Å². The Morgan fingerprint density at radius 2 is 1.77 bits per heavy atom. The lowest BCUT2D eigenvalue weighted by atomic mass is 10.0. The number of nitrogens with one attached hydrogen (secondary N) is 2. The summed E-state index contributed by atoms with van der Waals surface area (Å²) in [6.07, 6.45) is -2.40. The fourth-order valence-electron chi connectivity index (χ4n) is 3.67. The Morgan fingerprint density at radius 1 is 1.06 bits per heavy atom. The van der Waals surface area contributed by atoms with Gasteiger partial charge in [-0.2, -0.15) is 13.2 Å². The van der Waals surface area contributed by atoms with Crippen molar-refractivity contribution in [2.24, 2.45) is 0 Å². The third-order valence-electron chi connectivity index (χ3n) is 5.38. The molecule has 5 nitrogen and oxygen atoms in total. The van der Waals surface area contributed by atoms with Crippen molar-refractivity contribution in [3.63, 3.8) is 0 Å². The second-order valence-corrected chi connectivity index (χ2v) is 7.58. The van der Waals surface area contributed by atoms with Crippen LogP contribution in [0.5, 0.6) is 0 Å². The van der Waals surface area contributed by atoms with E-state index in [2.05, 4.69) is 15.5 Å². The number of piperidine rings is 1. The Balaban J connectivity index is 1.64. The summed E-state index contributed by atoms with van der Waals surface area (Å²) in [7, 11) is 0. The van der Waals surface area contributed by atoms with E-state index in [0.717, 1.165) is 30.7 Å². The van der Waals surface area contributed by atoms with Gasteiger partial charge in [-0.25, -0.2) is 0 Å². The van der Waals surface area contributed by atoms with Crippen molar-refractivity contribution < 1.29 is 22.8 Å². The van der Waals surface area contributed by atoms with Crippen molar-refractivity contribution in [1.82, 2.24) is 10.6 Å². The molecule has 1 aliphatic rings. The first-order chi connectivity index (χ1) is 14.8. The third kappa shape index (κ3) is 5.99. The van der Waals surface area contributed by atoms with Gasteiger partial charge in [0.2, 0.25) is 5.91 Å². The number of alkyl halides is 3. The number of carbonyl (C=O) groups excluding carboxylic acids is 2. The van der Waals surface area contributed by atoms with Gasteiger partial charge in [0.15, 0.2) is 0 Å². The molecule has 31 heavy (non-hydrogen) atoms. The van der Waals surface area contributed by atoms with Crippen LogP contribution < -0.4 is 15.5 Å². The van der Waals surface area contributed by atoms with E-state index in [9.17, 15) is 22.8 Å². The van der Waals surface area contributed by atoms with Gasteiger partial charge in [0.05, 0.1) is 11.1 Å². The van der Waals surface area contributed by atoms with Gasteiger partial charge < -0.3 is 15.5 Å². The predicted molar refractivity (Wildman–Crippen MR) is 113 cm³/mol. The summed E-state index contributed by atoms with van der Waals surface area (Å²) in [5.74, 6) is -0.303. The average molecular weight is 433 g/mol. The van der Waals surface area contributed by atoms with Crippen molar-refractivity contribution in [3.8, 4) is 0 Å². The smallest absolute Gasteiger partial charge is 0.371 e. The monoisotopic (exact) mass is 433 g/mol. The van der Waals surface area contributed by atoms with E-state index in [1.165, 1.54) is 6.07 Å². The molecule has 1 fully saturated rings. The first-order valence-corrected chi connectivity index (χ1v) is 10.4. The van der Waals surface area contributed by atoms with Crippen LogP contribution in [0.15, 0.2) is 48.5 Å². The molecule has 2 amide bonds. The highest BCUT2D eigenvalue weighted by Crippen LogP contribution is 2.29. The average Bonchev–Trinajstić information content (AvgIpc) is 2.77. The fraction of sp³-hybridized carbons (Fsp3) is 0.391. The number of anilines is 1. The zero-order valence-corrected chi connectivity index (χ0v) is 17.3. The van der Waals surface area contributed by atoms with Crippen LogP contribution in [0.1, 0.15) is 47.7 Å². The highest BCUT2D eigenvalue weighted by atomic mass is 19.4. The normalized spacial score (nSPS) is 14.9. The second kappa shape index (κ2) is 9.85. The summed E-state index contributed by atoms with van der Waals surface area (Å²) in [5.41, 5.74) is 0.903. The molecule has 1 aliphatic heterocycles. The van der Waals surface area contributed by atoms with E-state index < -0.39 is 11.7 Å². The number of hydrogen-bond acceptors (Lipinski definition) is 3. The van der Waals surface area contributed by atoms with Crippen LogP contribution in [-0.4, -0.2) is 30.9 Å². The molecule has 0 saturated carbocycles. The molecule has 166 valence electrons. The standard InChI is InChI=1S/C23H26F3N3O2/c1-2-21(30)28-18-10-12-29(13-11-18)20-9-4-3-8-19(20)22(31)27-15-16-6-5-7-17(14-16)23(24,25)26/h3-9,14,18H,2,10-13,15H2,1H3,(H,27,31)(H,28,30). The van der Waals surface area contributed by atoms with Gasteiger partial charge in [-0.1, -0.05) is 31.2 Å². The number of rotatable bonds is 6. The van der Waals surface area contributed by atoms with Gasteiger partial charge >= 0.3 is 6.18 Å². The molecule has 0 radical (unpaired) electrons. The maximum absolute atomic E-state index is 12.9. The Kier molecular flexibility index (Phi) is 7.20. The summed E-state index contributed by atoms with van der Waals surface area (Å²) < 4.78 is 38.7. The van der Waals surface area contributed by atoms with Crippen molar-refractivity contribution in [3.05, 3.63) is 65.2 Å². The molecule has 0 aliphatic carbocycles. The Labute approximate surface area is 179 Å².